The first-order valence-electron chi connectivity index (χ1n) is 12.1. The van der Waals surface area contributed by atoms with Gasteiger partial charge in [-0.05, 0) is 30.7 Å². The average Bonchev–Trinajstić information content (AvgIpc) is 3.48. The van der Waals surface area contributed by atoms with E-state index in [0.29, 0.717) is 22.5 Å². The van der Waals surface area contributed by atoms with E-state index in [1.807, 2.05) is 31.2 Å². The molecule has 0 saturated carbocycles. The Balaban J connectivity index is 1.67. The van der Waals surface area contributed by atoms with Crippen molar-refractivity contribution in [1.29, 1.82) is 0 Å². The predicted molar refractivity (Wildman–Crippen MR) is 136 cm³/mol. The number of para-hydroxylation sites is 2. The highest BCUT2D eigenvalue weighted by Crippen LogP contribution is 2.64. The molecule has 0 bridgehead atoms. The fraction of sp³-hybridized carbons (Fsp3) is 0.241. The van der Waals surface area contributed by atoms with Gasteiger partial charge in [0, 0.05) is 23.6 Å². The normalized spacial score (nSPS) is 28.2. The molecule has 0 radical (unpaired) electrons. The number of benzene rings is 3. The van der Waals surface area contributed by atoms with Gasteiger partial charge in [0.05, 0.1) is 18.2 Å². The maximum atomic E-state index is 14.7. The highest BCUT2D eigenvalue weighted by molar-refractivity contribution is 6.27. The monoisotopic (exact) mass is 495 g/mol. The van der Waals surface area contributed by atoms with Crippen molar-refractivity contribution in [3.05, 3.63) is 95.6 Å². The van der Waals surface area contributed by atoms with Crippen LogP contribution in [0, 0.1) is 12.3 Å². The minimum atomic E-state index is -1.67. The third-order valence-corrected chi connectivity index (χ3v) is 8.00. The third kappa shape index (κ3) is 2.93. The van der Waals surface area contributed by atoms with Crippen LogP contribution in [-0.4, -0.2) is 36.8 Å². The van der Waals surface area contributed by atoms with Crippen LogP contribution in [0.1, 0.15) is 29.0 Å². The van der Waals surface area contributed by atoms with Crippen molar-refractivity contribution in [2.45, 2.75) is 30.8 Å². The number of carbonyl (C=O) groups excluding carboxylic acids is 4. The number of nitrogens with one attached hydrogen (secondary N) is 2. The van der Waals surface area contributed by atoms with Gasteiger partial charge >= 0.3 is 5.97 Å². The van der Waals surface area contributed by atoms with Crippen LogP contribution < -0.4 is 15.5 Å². The topological polar surface area (TPSA) is 105 Å². The molecule has 37 heavy (non-hydrogen) atoms. The van der Waals surface area contributed by atoms with E-state index in [1.165, 1.54) is 7.11 Å². The second-order valence-electron chi connectivity index (χ2n) is 9.80. The van der Waals surface area contributed by atoms with Gasteiger partial charge in [-0.3, -0.25) is 24.5 Å². The van der Waals surface area contributed by atoms with Crippen LogP contribution in [0.4, 0.5) is 11.4 Å². The van der Waals surface area contributed by atoms with Crippen LogP contribution in [0.25, 0.3) is 0 Å². The summed E-state index contributed by atoms with van der Waals surface area (Å²) in [5.74, 6) is -2.91. The summed E-state index contributed by atoms with van der Waals surface area (Å²) >= 11 is 0. The number of fused-ring (bicyclic) bond motifs is 3. The standard InChI is InChI=1S/C29H25N3O5/c1-17-12-14-18(15-13-17)23-24(25(34)37-2)31-29(20-10-6-7-11-21(20)30-26(29)35)28(23)16-22(33)32(27(28)36)19-8-4-3-5-9-19/h3-15,23-24,31H,16H2,1-2H3,(H,30,35)/t23-,24+,28-,29-/m0/s1. The number of esters is 1. The molecule has 3 aliphatic heterocycles. The molecule has 0 aromatic heterocycles. The molecule has 2 fully saturated rings. The van der Waals surface area contributed by atoms with Crippen molar-refractivity contribution >= 4 is 35.1 Å². The molecule has 186 valence electrons. The first kappa shape index (κ1) is 23.1. The summed E-state index contributed by atoms with van der Waals surface area (Å²) in [5.41, 5.74) is -0.166. The smallest absolute Gasteiger partial charge is 0.323 e. The van der Waals surface area contributed by atoms with Gasteiger partial charge in [0.1, 0.15) is 11.6 Å². The molecule has 3 heterocycles. The Kier molecular flexibility index (Phi) is 5.07. The van der Waals surface area contributed by atoms with Crippen molar-refractivity contribution in [2.75, 3.05) is 17.3 Å². The zero-order valence-electron chi connectivity index (χ0n) is 20.4. The molecule has 8 heteroatoms. The lowest BCUT2D eigenvalue weighted by Gasteiger charge is -2.39. The number of amides is 3. The first-order chi connectivity index (χ1) is 17.8. The van der Waals surface area contributed by atoms with Crippen LogP contribution in [-0.2, 0) is 29.5 Å². The van der Waals surface area contributed by atoms with E-state index in [-0.39, 0.29) is 6.42 Å². The zero-order chi connectivity index (χ0) is 25.9. The summed E-state index contributed by atoms with van der Waals surface area (Å²) in [7, 11) is 1.27. The van der Waals surface area contributed by atoms with Crippen molar-refractivity contribution in [3.8, 4) is 0 Å². The van der Waals surface area contributed by atoms with Crippen molar-refractivity contribution in [1.82, 2.24) is 5.32 Å². The molecule has 3 aliphatic rings. The van der Waals surface area contributed by atoms with Gasteiger partial charge in [-0.2, -0.15) is 0 Å². The Morgan fingerprint density at radius 3 is 2.32 bits per heavy atom. The lowest BCUT2D eigenvalue weighted by molar-refractivity contribution is -0.143. The van der Waals surface area contributed by atoms with E-state index in [0.717, 1.165) is 10.5 Å². The van der Waals surface area contributed by atoms with Crippen LogP contribution in [0.15, 0.2) is 78.9 Å². The number of methoxy groups -OCH3 is 1. The quantitative estimate of drug-likeness (QED) is 0.428. The lowest BCUT2D eigenvalue weighted by atomic mass is 9.59. The van der Waals surface area contributed by atoms with E-state index in [4.69, 9.17) is 4.74 Å². The highest BCUT2D eigenvalue weighted by atomic mass is 16.5. The molecule has 2 saturated heterocycles. The van der Waals surface area contributed by atoms with Crippen molar-refractivity contribution < 1.29 is 23.9 Å². The van der Waals surface area contributed by atoms with Gasteiger partial charge in [0.15, 0.2) is 0 Å². The Morgan fingerprint density at radius 2 is 1.62 bits per heavy atom. The molecule has 0 aliphatic carbocycles. The first-order valence-corrected chi connectivity index (χ1v) is 12.1. The molecule has 3 amide bonds. The van der Waals surface area contributed by atoms with Crippen LogP contribution >= 0.6 is 0 Å². The molecule has 0 unspecified atom stereocenters. The number of imide groups is 1. The SMILES string of the molecule is COC(=O)[C@@H]1N[C@@]2(C(=O)Nc3ccccc32)[C@@]2(CC(=O)N(c3ccccc3)C2=O)[C@H]1c1ccc(C)cc1. The van der Waals surface area contributed by atoms with E-state index in [9.17, 15) is 19.2 Å². The lowest BCUT2D eigenvalue weighted by Crippen LogP contribution is -2.58. The van der Waals surface area contributed by atoms with E-state index >= 15 is 0 Å². The third-order valence-electron chi connectivity index (χ3n) is 8.00. The van der Waals surface area contributed by atoms with Gasteiger partial charge in [0.25, 0.3) is 5.91 Å². The summed E-state index contributed by atoms with van der Waals surface area (Å²) in [6.45, 7) is 1.94. The van der Waals surface area contributed by atoms with E-state index in [2.05, 4.69) is 10.6 Å². The second kappa shape index (κ2) is 8.11. The minimum Gasteiger partial charge on any atom is -0.468 e. The molecule has 8 nitrogen and oxygen atoms in total. The number of aryl methyl sites for hydroxylation is 1. The highest BCUT2D eigenvalue weighted by Gasteiger charge is 2.78. The number of hydrogen-bond donors (Lipinski definition) is 2. The number of anilines is 2. The van der Waals surface area contributed by atoms with Gasteiger partial charge in [-0.25, -0.2) is 4.90 Å². The maximum absolute atomic E-state index is 14.7. The fourth-order valence-corrected chi connectivity index (χ4v) is 6.46. The molecule has 6 rings (SSSR count). The predicted octanol–water partition coefficient (Wildman–Crippen LogP) is 3.02. The minimum absolute atomic E-state index is 0.262. The summed E-state index contributed by atoms with van der Waals surface area (Å²) < 4.78 is 5.17. The van der Waals surface area contributed by atoms with E-state index < -0.39 is 46.6 Å². The molecule has 4 atom stereocenters. The molecule has 3 aromatic carbocycles. The molecule has 2 N–H and O–H groups in total. The van der Waals surface area contributed by atoms with Gasteiger partial charge in [-0.1, -0.05) is 66.2 Å². The second-order valence-corrected chi connectivity index (χ2v) is 9.80. The zero-order valence-corrected chi connectivity index (χ0v) is 20.4. The molecule has 3 aromatic rings. The Hall–Kier alpha value is -4.30. The molecular weight excluding hydrogens is 470 g/mol. The van der Waals surface area contributed by atoms with Crippen molar-refractivity contribution in [3.63, 3.8) is 0 Å². The van der Waals surface area contributed by atoms with E-state index in [1.54, 1.807) is 54.6 Å². The number of carbonyl (C=O) groups is 4. The fourth-order valence-electron chi connectivity index (χ4n) is 6.46. The summed E-state index contributed by atoms with van der Waals surface area (Å²) in [6.07, 6.45) is -0.262. The van der Waals surface area contributed by atoms with Crippen LogP contribution in [0.2, 0.25) is 0 Å². The van der Waals surface area contributed by atoms with Crippen LogP contribution in [0.5, 0.6) is 0 Å². The Morgan fingerprint density at radius 1 is 0.946 bits per heavy atom. The molecular formula is C29H25N3O5. The maximum Gasteiger partial charge on any atom is 0.323 e. The van der Waals surface area contributed by atoms with Crippen LogP contribution in [0.3, 0.4) is 0 Å². The number of ether oxygens (including phenoxy) is 1. The average molecular weight is 496 g/mol. The molecule has 2 spiro atoms. The summed E-state index contributed by atoms with van der Waals surface area (Å²) in [5, 5.41) is 6.15. The van der Waals surface area contributed by atoms with Gasteiger partial charge in [0.2, 0.25) is 11.8 Å². The van der Waals surface area contributed by atoms with Crippen molar-refractivity contribution in [2.24, 2.45) is 5.41 Å². The summed E-state index contributed by atoms with van der Waals surface area (Å²) in [4.78, 5) is 56.8. The Bertz CT molecular complexity index is 1450. The number of hydrogen-bond acceptors (Lipinski definition) is 6. The number of rotatable bonds is 3. The Labute approximate surface area is 213 Å². The van der Waals surface area contributed by atoms with Gasteiger partial charge in [-0.15, -0.1) is 0 Å². The number of nitrogens with zero attached hydrogens (tertiary/aromatic N) is 1. The summed E-state index contributed by atoms with van der Waals surface area (Å²) in [6, 6.07) is 22.1. The largest absolute Gasteiger partial charge is 0.468 e. The van der Waals surface area contributed by atoms with Gasteiger partial charge < -0.3 is 10.1 Å².